The van der Waals surface area contributed by atoms with E-state index in [0.29, 0.717) is 31.6 Å². The molecule has 3 rings (SSSR count). The van der Waals surface area contributed by atoms with E-state index in [0.717, 1.165) is 18.9 Å². The Morgan fingerprint density at radius 2 is 1.85 bits per heavy atom. The topological polar surface area (TPSA) is 49.9 Å². The van der Waals surface area contributed by atoms with Gasteiger partial charge in [-0.25, -0.2) is 8.78 Å². The highest BCUT2D eigenvalue weighted by atomic mass is 19.1. The normalized spacial score (nSPS) is 20.7. The van der Waals surface area contributed by atoms with Crippen LogP contribution in [-0.4, -0.2) is 54.5 Å². The predicted molar refractivity (Wildman–Crippen MR) is 91.1 cm³/mol. The summed E-state index contributed by atoms with van der Waals surface area (Å²) in [7, 11) is 1.51. The summed E-state index contributed by atoms with van der Waals surface area (Å²) in [6.45, 7) is 3.70. The molecule has 2 saturated heterocycles. The Kier molecular flexibility index (Phi) is 5.27. The second-order valence-electron chi connectivity index (χ2n) is 7.41. The average Bonchev–Trinajstić information content (AvgIpc) is 2.88. The van der Waals surface area contributed by atoms with E-state index in [4.69, 9.17) is 4.74 Å². The number of rotatable bonds is 4. The summed E-state index contributed by atoms with van der Waals surface area (Å²) in [4.78, 5) is 28.1. The maximum Gasteiger partial charge on any atom is 0.251 e. The van der Waals surface area contributed by atoms with E-state index in [1.54, 1.807) is 16.7 Å². The summed E-state index contributed by atoms with van der Waals surface area (Å²) < 4.78 is 31.8. The van der Waals surface area contributed by atoms with Crippen molar-refractivity contribution in [2.45, 2.75) is 38.8 Å². The zero-order chi connectivity index (χ0) is 18.9. The fourth-order valence-electron chi connectivity index (χ4n) is 3.94. The Labute approximate surface area is 151 Å². The second-order valence-corrected chi connectivity index (χ2v) is 7.41. The number of carbonyl (C=O) groups excluding carboxylic acids is 2. The number of hydrogen-bond acceptors (Lipinski definition) is 3. The number of likely N-dealkylation sites (tertiary alicyclic amines) is 2. The molecule has 1 aromatic carbocycles. The molecule has 142 valence electrons. The third kappa shape index (κ3) is 3.87. The number of carbonyl (C=O) groups is 2. The van der Waals surface area contributed by atoms with E-state index in [1.807, 2.05) is 0 Å². The van der Waals surface area contributed by atoms with Crippen LogP contribution in [0.25, 0.3) is 0 Å². The van der Waals surface area contributed by atoms with Crippen LogP contribution in [0.1, 0.15) is 31.7 Å². The van der Waals surface area contributed by atoms with E-state index in [-0.39, 0.29) is 23.8 Å². The molecule has 2 aliphatic rings. The Morgan fingerprint density at radius 3 is 2.42 bits per heavy atom. The van der Waals surface area contributed by atoms with Crippen molar-refractivity contribution in [3.8, 4) is 0 Å². The van der Waals surface area contributed by atoms with Gasteiger partial charge in [0, 0.05) is 51.2 Å². The Bertz CT molecular complexity index is 682. The number of methoxy groups -OCH3 is 1. The lowest BCUT2D eigenvalue weighted by Crippen LogP contribution is -2.47. The zero-order valence-electron chi connectivity index (χ0n) is 15.1. The molecule has 1 unspecified atom stereocenters. The molecule has 0 saturated carbocycles. The van der Waals surface area contributed by atoms with E-state index in [1.165, 1.54) is 19.2 Å². The van der Waals surface area contributed by atoms with E-state index >= 15 is 0 Å². The third-order valence-corrected chi connectivity index (χ3v) is 5.54. The first kappa shape index (κ1) is 18.8. The molecule has 0 bridgehead atoms. The molecule has 2 fully saturated rings. The van der Waals surface area contributed by atoms with Crippen LogP contribution in [0.4, 0.5) is 8.78 Å². The molecule has 26 heavy (non-hydrogen) atoms. The van der Waals surface area contributed by atoms with Gasteiger partial charge in [-0.2, -0.15) is 0 Å². The molecule has 2 aliphatic heterocycles. The first-order chi connectivity index (χ1) is 12.3. The van der Waals surface area contributed by atoms with Crippen LogP contribution in [0.5, 0.6) is 0 Å². The molecule has 1 aromatic rings. The lowest BCUT2D eigenvalue weighted by atomic mass is 9.77. The standard InChI is InChI=1S/C19H24F2N2O3/c1-13(26-2)18(25)22-5-3-19(4-6-22)10-17(24)23(12-19)11-14-7-15(20)9-16(21)8-14/h7-9,13H,3-6,10-12H2,1-2H3. The molecule has 2 heterocycles. The van der Waals surface area contributed by atoms with Crippen LogP contribution in [-0.2, 0) is 20.9 Å². The van der Waals surface area contributed by atoms with Crippen molar-refractivity contribution in [3.63, 3.8) is 0 Å². The highest BCUT2D eigenvalue weighted by Gasteiger charge is 2.45. The molecule has 5 nitrogen and oxygen atoms in total. The predicted octanol–water partition coefficient (Wildman–Crippen LogP) is 2.34. The first-order valence-electron chi connectivity index (χ1n) is 8.86. The van der Waals surface area contributed by atoms with Gasteiger partial charge in [-0.15, -0.1) is 0 Å². The van der Waals surface area contributed by atoms with Gasteiger partial charge in [-0.3, -0.25) is 9.59 Å². The summed E-state index contributed by atoms with van der Waals surface area (Å²) in [5, 5.41) is 0. The van der Waals surface area contributed by atoms with Crippen LogP contribution < -0.4 is 0 Å². The van der Waals surface area contributed by atoms with Gasteiger partial charge in [0.15, 0.2) is 0 Å². The van der Waals surface area contributed by atoms with Crippen LogP contribution in [0.2, 0.25) is 0 Å². The maximum absolute atomic E-state index is 13.4. The van der Waals surface area contributed by atoms with Gasteiger partial charge in [-0.05, 0) is 37.5 Å². The van der Waals surface area contributed by atoms with Crippen molar-refractivity contribution in [3.05, 3.63) is 35.4 Å². The Morgan fingerprint density at radius 1 is 1.23 bits per heavy atom. The van der Waals surface area contributed by atoms with Crippen LogP contribution >= 0.6 is 0 Å². The summed E-state index contributed by atoms with van der Waals surface area (Å²) in [5.41, 5.74) is 0.296. The molecule has 1 atom stereocenters. The SMILES string of the molecule is COC(C)C(=O)N1CCC2(CC1)CC(=O)N(Cc1cc(F)cc(F)c1)C2. The van der Waals surface area contributed by atoms with Gasteiger partial charge in [0.05, 0.1) is 0 Å². The lowest BCUT2D eigenvalue weighted by molar-refractivity contribution is -0.143. The highest BCUT2D eigenvalue weighted by Crippen LogP contribution is 2.41. The summed E-state index contributed by atoms with van der Waals surface area (Å²) >= 11 is 0. The molecule has 2 amide bonds. The molecule has 1 spiro atoms. The number of amides is 2. The molecular formula is C19H24F2N2O3. The fourth-order valence-corrected chi connectivity index (χ4v) is 3.94. The maximum atomic E-state index is 13.4. The number of nitrogens with zero attached hydrogens (tertiary/aromatic N) is 2. The Balaban J connectivity index is 1.62. The molecule has 0 aliphatic carbocycles. The third-order valence-electron chi connectivity index (χ3n) is 5.54. The Hall–Kier alpha value is -2.02. The first-order valence-corrected chi connectivity index (χ1v) is 8.86. The number of ether oxygens (including phenoxy) is 1. The molecule has 0 N–H and O–H groups in total. The summed E-state index contributed by atoms with van der Waals surface area (Å²) in [5.74, 6) is -1.31. The molecule has 7 heteroatoms. The van der Waals surface area contributed by atoms with Crippen molar-refractivity contribution in [2.24, 2.45) is 5.41 Å². The van der Waals surface area contributed by atoms with Crippen LogP contribution in [0, 0.1) is 17.0 Å². The molecule has 0 aromatic heterocycles. The van der Waals surface area contributed by atoms with Crippen molar-refractivity contribution in [2.75, 3.05) is 26.7 Å². The summed E-state index contributed by atoms with van der Waals surface area (Å²) in [6, 6.07) is 3.34. The minimum absolute atomic E-state index is 0.000273. The summed E-state index contributed by atoms with van der Waals surface area (Å²) in [6.07, 6.45) is 1.45. The van der Waals surface area contributed by atoms with Gasteiger partial charge in [0.25, 0.3) is 5.91 Å². The van der Waals surface area contributed by atoms with Crippen molar-refractivity contribution in [1.29, 1.82) is 0 Å². The van der Waals surface area contributed by atoms with Gasteiger partial charge >= 0.3 is 0 Å². The number of hydrogen-bond donors (Lipinski definition) is 0. The van der Waals surface area contributed by atoms with Crippen LogP contribution in [0.15, 0.2) is 18.2 Å². The quantitative estimate of drug-likeness (QED) is 0.822. The number of piperidine rings is 1. The minimum Gasteiger partial charge on any atom is -0.372 e. The van der Waals surface area contributed by atoms with Crippen LogP contribution in [0.3, 0.4) is 0 Å². The van der Waals surface area contributed by atoms with Crippen molar-refractivity contribution >= 4 is 11.8 Å². The number of benzene rings is 1. The fraction of sp³-hybridized carbons (Fsp3) is 0.579. The average molecular weight is 366 g/mol. The highest BCUT2D eigenvalue weighted by molar-refractivity contribution is 5.81. The zero-order valence-corrected chi connectivity index (χ0v) is 15.1. The van der Waals surface area contributed by atoms with Gasteiger partial charge in [0.1, 0.15) is 17.7 Å². The largest absolute Gasteiger partial charge is 0.372 e. The lowest BCUT2D eigenvalue weighted by Gasteiger charge is -2.39. The van der Waals surface area contributed by atoms with Gasteiger partial charge in [0.2, 0.25) is 5.91 Å². The van der Waals surface area contributed by atoms with E-state index in [9.17, 15) is 18.4 Å². The van der Waals surface area contributed by atoms with E-state index in [2.05, 4.69) is 0 Å². The van der Waals surface area contributed by atoms with Crippen molar-refractivity contribution in [1.82, 2.24) is 9.80 Å². The smallest absolute Gasteiger partial charge is 0.251 e. The second kappa shape index (κ2) is 7.31. The van der Waals surface area contributed by atoms with Gasteiger partial charge < -0.3 is 14.5 Å². The van der Waals surface area contributed by atoms with Gasteiger partial charge in [-0.1, -0.05) is 0 Å². The van der Waals surface area contributed by atoms with E-state index < -0.39 is 17.7 Å². The molecule has 0 radical (unpaired) electrons. The number of halogens is 2. The molecular weight excluding hydrogens is 342 g/mol. The monoisotopic (exact) mass is 366 g/mol. The van der Waals surface area contributed by atoms with Crippen molar-refractivity contribution < 1.29 is 23.1 Å². The minimum atomic E-state index is -0.638.